The third kappa shape index (κ3) is 5.33. The first-order chi connectivity index (χ1) is 8.13. The van der Waals surface area contributed by atoms with E-state index in [9.17, 15) is 9.59 Å². The molecule has 1 fully saturated rings. The highest BCUT2D eigenvalue weighted by Crippen LogP contribution is 2.23. The summed E-state index contributed by atoms with van der Waals surface area (Å²) in [5, 5.41) is 0. The van der Waals surface area contributed by atoms with E-state index in [1.165, 1.54) is 19.3 Å². The summed E-state index contributed by atoms with van der Waals surface area (Å²) >= 11 is 0. The molecule has 1 rings (SSSR count). The van der Waals surface area contributed by atoms with E-state index in [4.69, 9.17) is 4.74 Å². The number of rotatable bonds is 5. The second-order valence-electron chi connectivity index (χ2n) is 5.10. The molecular formula is C14H24O3. The third-order valence-corrected chi connectivity index (χ3v) is 3.42. The van der Waals surface area contributed by atoms with Crippen molar-refractivity contribution >= 4 is 11.8 Å². The monoisotopic (exact) mass is 240 g/mol. The van der Waals surface area contributed by atoms with Gasteiger partial charge in [0, 0.05) is 12.8 Å². The normalized spacial score (nSPS) is 26.2. The van der Waals surface area contributed by atoms with E-state index in [0.717, 1.165) is 12.8 Å². The average Bonchev–Trinajstić information content (AvgIpc) is 2.29. The Morgan fingerprint density at radius 2 is 1.94 bits per heavy atom. The first kappa shape index (κ1) is 14.2. The molecule has 2 atom stereocenters. The van der Waals surface area contributed by atoms with Gasteiger partial charge in [0.1, 0.15) is 11.9 Å². The van der Waals surface area contributed by atoms with E-state index in [1.807, 2.05) is 6.92 Å². The van der Waals surface area contributed by atoms with Gasteiger partial charge >= 0.3 is 5.97 Å². The summed E-state index contributed by atoms with van der Waals surface area (Å²) in [6.45, 7) is 4.19. The zero-order valence-corrected chi connectivity index (χ0v) is 11.0. The lowest BCUT2D eigenvalue weighted by Crippen LogP contribution is -2.30. The van der Waals surface area contributed by atoms with Crippen LogP contribution >= 0.6 is 0 Å². The molecule has 0 aromatic heterocycles. The fourth-order valence-electron chi connectivity index (χ4n) is 2.29. The Kier molecular flexibility index (Phi) is 6.23. The largest absolute Gasteiger partial charge is 0.462 e. The Labute approximate surface area is 104 Å². The second-order valence-corrected chi connectivity index (χ2v) is 5.10. The molecule has 0 spiro atoms. The zero-order valence-electron chi connectivity index (χ0n) is 11.0. The summed E-state index contributed by atoms with van der Waals surface area (Å²) in [4.78, 5) is 23.0. The van der Waals surface area contributed by atoms with Crippen molar-refractivity contribution in [3.8, 4) is 0 Å². The van der Waals surface area contributed by atoms with E-state index < -0.39 is 0 Å². The molecule has 3 nitrogen and oxygen atoms in total. The van der Waals surface area contributed by atoms with Crippen molar-refractivity contribution in [2.24, 2.45) is 5.92 Å². The summed E-state index contributed by atoms with van der Waals surface area (Å²) in [6.07, 6.45) is 6.74. The molecule has 0 N–H and O–H groups in total. The standard InChI is InChI=1S/C14H24O3/c1-3-4-5-6-7-13-11(2)10-12(15)8-9-14(16)17-13/h11,13H,3-10H2,1-2H3/t11-,13-/m1/s1. The van der Waals surface area contributed by atoms with Gasteiger partial charge in [-0.05, 0) is 18.8 Å². The topological polar surface area (TPSA) is 43.4 Å². The number of ether oxygens (including phenoxy) is 1. The predicted molar refractivity (Wildman–Crippen MR) is 66.7 cm³/mol. The van der Waals surface area contributed by atoms with E-state index in [1.54, 1.807) is 0 Å². The lowest BCUT2D eigenvalue weighted by molar-refractivity contribution is -0.155. The smallest absolute Gasteiger partial charge is 0.306 e. The highest BCUT2D eigenvalue weighted by atomic mass is 16.5. The Bertz CT molecular complexity index is 260. The maximum Gasteiger partial charge on any atom is 0.306 e. The van der Waals surface area contributed by atoms with Crippen LogP contribution in [0.1, 0.15) is 65.2 Å². The number of esters is 1. The van der Waals surface area contributed by atoms with Crippen LogP contribution in [0.4, 0.5) is 0 Å². The van der Waals surface area contributed by atoms with Crippen LogP contribution in [0.2, 0.25) is 0 Å². The van der Waals surface area contributed by atoms with E-state index in [2.05, 4.69) is 6.92 Å². The molecule has 0 aromatic carbocycles. The maximum absolute atomic E-state index is 11.5. The first-order valence-corrected chi connectivity index (χ1v) is 6.84. The van der Waals surface area contributed by atoms with E-state index in [-0.39, 0.29) is 30.2 Å². The predicted octanol–water partition coefficient (Wildman–Crippen LogP) is 3.26. The van der Waals surface area contributed by atoms with Gasteiger partial charge in [-0.3, -0.25) is 9.59 Å². The molecule has 0 radical (unpaired) electrons. The quantitative estimate of drug-likeness (QED) is 0.547. The summed E-state index contributed by atoms with van der Waals surface area (Å²) in [7, 11) is 0. The minimum atomic E-state index is -0.203. The lowest BCUT2D eigenvalue weighted by Gasteiger charge is -2.26. The number of Topliss-reactive ketones (excluding diaryl/α,β-unsaturated/α-hetero) is 1. The van der Waals surface area contributed by atoms with Gasteiger partial charge in [-0.1, -0.05) is 33.1 Å². The van der Waals surface area contributed by atoms with Crippen molar-refractivity contribution in [2.45, 2.75) is 71.3 Å². The number of carbonyl (C=O) groups excluding carboxylic acids is 2. The molecule has 0 aromatic rings. The van der Waals surface area contributed by atoms with Gasteiger partial charge in [0.2, 0.25) is 0 Å². The van der Waals surface area contributed by atoms with Gasteiger partial charge in [-0.2, -0.15) is 0 Å². The number of cyclic esters (lactones) is 1. The number of unbranched alkanes of at least 4 members (excludes halogenated alkanes) is 3. The fraction of sp³-hybridized carbons (Fsp3) is 0.857. The minimum absolute atomic E-state index is 0.0522. The van der Waals surface area contributed by atoms with Crippen molar-refractivity contribution < 1.29 is 14.3 Å². The van der Waals surface area contributed by atoms with Crippen LogP contribution in [-0.2, 0) is 14.3 Å². The number of carbonyl (C=O) groups is 2. The molecule has 0 unspecified atom stereocenters. The van der Waals surface area contributed by atoms with Crippen LogP contribution < -0.4 is 0 Å². The molecule has 98 valence electrons. The first-order valence-electron chi connectivity index (χ1n) is 6.84. The number of ketones is 1. The van der Waals surface area contributed by atoms with Gasteiger partial charge < -0.3 is 4.74 Å². The van der Waals surface area contributed by atoms with Crippen molar-refractivity contribution in [3.05, 3.63) is 0 Å². The number of hydrogen-bond acceptors (Lipinski definition) is 3. The van der Waals surface area contributed by atoms with E-state index in [0.29, 0.717) is 12.8 Å². The highest BCUT2D eigenvalue weighted by Gasteiger charge is 2.26. The van der Waals surface area contributed by atoms with Crippen LogP contribution in [0, 0.1) is 5.92 Å². The SMILES string of the molecule is CCCCCC[C@H]1OC(=O)CCC(=O)C[C@H]1C. The van der Waals surface area contributed by atoms with Crippen molar-refractivity contribution in [1.82, 2.24) is 0 Å². The van der Waals surface area contributed by atoms with Crippen molar-refractivity contribution in [3.63, 3.8) is 0 Å². The summed E-state index contributed by atoms with van der Waals surface area (Å²) in [6, 6.07) is 0. The third-order valence-electron chi connectivity index (χ3n) is 3.42. The Balaban J connectivity index is 2.42. The van der Waals surface area contributed by atoms with Gasteiger partial charge in [0.15, 0.2) is 0 Å². The van der Waals surface area contributed by atoms with E-state index >= 15 is 0 Å². The fourth-order valence-corrected chi connectivity index (χ4v) is 2.29. The van der Waals surface area contributed by atoms with Crippen molar-refractivity contribution in [2.75, 3.05) is 0 Å². The second kappa shape index (κ2) is 7.46. The molecule has 0 bridgehead atoms. The molecule has 0 saturated carbocycles. The summed E-state index contributed by atoms with van der Waals surface area (Å²) < 4.78 is 5.44. The van der Waals surface area contributed by atoms with Crippen LogP contribution in [-0.4, -0.2) is 17.9 Å². The summed E-state index contributed by atoms with van der Waals surface area (Å²) in [5.41, 5.74) is 0. The molecule has 1 aliphatic heterocycles. The van der Waals surface area contributed by atoms with Gasteiger partial charge in [-0.25, -0.2) is 0 Å². The van der Waals surface area contributed by atoms with Crippen LogP contribution in [0.3, 0.4) is 0 Å². The molecular weight excluding hydrogens is 216 g/mol. The van der Waals surface area contributed by atoms with Crippen molar-refractivity contribution in [1.29, 1.82) is 0 Å². The van der Waals surface area contributed by atoms with Gasteiger partial charge in [-0.15, -0.1) is 0 Å². The lowest BCUT2D eigenvalue weighted by atomic mass is 9.91. The van der Waals surface area contributed by atoms with Crippen LogP contribution in [0.25, 0.3) is 0 Å². The minimum Gasteiger partial charge on any atom is -0.462 e. The molecule has 0 aliphatic carbocycles. The number of hydrogen-bond donors (Lipinski definition) is 0. The van der Waals surface area contributed by atoms with Gasteiger partial charge in [0.25, 0.3) is 0 Å². The summed E-state index contributed by atoms with van der Waals surface area (Å²) in [5.74, 6) is 0.173. The highest BCUT2D eigenvalue weighted by molar-refractivity contribution is 5.83. The Morgan fingerprint density at radius 3 is 2.65 bits per heavy atom. The van der Waals surface area contributed by atoms with Gasteiger partial charge in [0.05, 0.1) is 6.42 Å². The Hall–Kier alpha value is -0.860. The average molecular weight is 240 g/mol. The molecule has 1 saturated heterocycles. The van der Waals surface area contributed by atoms with Crippen LogP contribution in [0.15, 0.2) is 0 Å². The molecule has 17 heavy (non-hydrogen) atoms. The zero-order chi connectivity index (χ0) is 12.7. The Morgan fingerprint density at radius 1 is 1.18 bits per heavy atom. The maximum atomic E-state index is 11.5. The molecule has 1 aliphatic rings. The van der Waals surface area contributed by atoms with Crippen LogP contribution in [0.5, 0.6) is 0 Å². The molecule has 1 heterocycles. The molecule has 0 amide bonds. The molecule has 3 heteroatoms.